The predicted octanol–water partition coefficient (Wildman–Crippen LogP) is -0.0371. The average molecular weight is 262 g/mol. The van der Waals surface area contributed by atoms with Crippen LogP contribution in [-0.2, 0) is 14.4 Å². The summed E-state index contributed by atoms with van der Waals surface area (Å²) in [6.07, 6.45) is -0.0443. The van der Waals surface area contributed by atoms with Crippen molar-refractivity contribution in [1.29, 1.82) is 0 Å². The van der Waals surface area contributed by atoms with Crippen LogP contribution in [0.4, 0.5) is 0 Å². The van der Waals surface area contributed by atoms with Crippen molar-refractivity contribution in [3.63, 3.8) is 0 Å². The molecule has 0 radical (unpaired) electrons. The lowest BCUT2D eigenvalue weighted by molar-refractivity contribution is -0.141. The van der Waals surface area contributed by atoms with Crippen molar-refractivity contribution < 1.29 is 19.5 Å². The number of carboxylic acids is 1. The van der Waals surface area contributed by atoms with Gasteiger partial charge in [0.2, 0.25) is 11.8 Å². The Labute approximate surface area is 104 Å². The zero-order valence-corrected chi connectivity index (χ0v) is 10.8. The summed E-state index contributed by atoms with van der Waals surface area (Å²) in [4.78, 5) is 32.7. The van der Waals surface area contributed by atoms with Crippen LogP contribution in [0, 0.1) is 0 Å². The van der Waals surface area contributed by atoms with Crippen molar-refractivity contribution in [1.82, 2.24) is 5.32 Å². The highest BCUT2D eigenvalue weighted by atomic mass is 32.2. The Balaban J connectivity index is 4.11. The highest BCUT2D eigenvalue weighted by molar-refractivity contribution is 8.00. The van der Waals surface area contributed by atoms with Gasteiger partial charge >= 0.3 is 5.97 Å². The lowest BCUT2D eigenvalue weighted by atomic mass is 10.1. The summed E-state index contributed by atoms with van der Waals surface area (Å²) in [6, 6.07) is -1.05. The number of nitrogens with one attached hydrogen (secondary N) is 1. The normalized spacial score (nSPS) is 12.2. The molecule has 0 aromatic carbocycles. The zero-order valence-electron chi connectivity index (χ0n) is 9.93. The summed E-state index contributed by atoms with van der Waals surface area (Å²) in [5.74, 6) is -1.88. The maximum Gasteiger partial charge on any atom is 0.326 e. The fourth-order valence-corrected chi connectivity index (χ4v) is 1.59. The van der Waals surface area contributed by atoms with Crippen LogP contribution in [0.1, 0.15) is 26.7 Å². The van der Waals surface area contributed by atoms with Gasteiger partial charge in [0.1, 0.15) is 6.04 Å². The highest BCUT2D eigenvalue weighted by Gasteiger charge is 2.20. The molecule has 98 valence electrons. The Morgan fingerprint density at radius 1 is 1.35 bits per heavy atom. The second-order valence-electron chi connectivity index (χ2n) is 3.82. The number of primary amides is 1. The Morgan fingerprint density at radius 3 is 2.35 bits per heavy atom. The average Bonchev–Trinajstić information content (AvgIpc) is 2.20. The van der Waals surface area contributed by atoms with Gasteiger partial charge in [-0.1, -0.05) is 13.8 Å². The van der Waals surface area contributed by atoms with Gasteiger partial charge in [0.15, 0.2) is 0 Å². The van der Waals surface area contributed by atoms with Gasteiger partial charge in [-0.25, -0.2) is 4.79 Å². The maximum absolute atomic E-state index is 11.4. The molecular weight excluding hydrogens is 244 g/mol. The summed E-state index contributed by atoms with van der Waals surface area (Å²) in [7, 11) is 0. The largest absolute Gasteiger partial charge is 0.480 e. The third-order valence-electron chi connectivity index (χ3n) is 1.86. The molecule has 0 heterocycles. The topological polar surface area (TPSA) is 109 Å². The van der Waals surface area contributed by atoms with Crippen LogP contribution < -0.4 is 11.1 Å². The molecule has 4 N–H and O–H groups in total. The van der Waals surface area contributed by atoms with Crippen LogP contribution in [0.3, 0.4) is 0 Å². The number of aliphatic carboxylic acids is 1. The minimum Gasteiger partial charge on any atom is -0.480 e. The van der Waals surface area contributed by atoms with E-state index < -0.39 is 17.9 Å². The molecule has 17 heavy (non-hydrogen) atoms. The molecule has 0 rings (SSSR count). The molecule has 0 aromatic rings. The van der Waals surface area contributed by atoms with Crippen LogP contribution in [0.15, 0.2) is 0 Å². The molecule has 1 atom stereocenters. The van der Waals surface area contributed by atoms with E-state index in [-0.39, 0.29) is 24.5 Å². The van der Waals surface area contributed by atoms with E-state index in [4.69, 9.17) is 10.8 Å². The molecule has 0 aliphatic carbocycles. The van der Waals surface area contributed by atoms with E-state index in [0.717, 1.165) is 0 Å². The lowest BCUT2D eigenvalue weighted by Gasteiger charge is -2.14. The SMILES string of the molecule is CC(C)SCC(=O)NC(CCC(N)=O)C(=O)O. The molecule has 0 aromatic heterocycles. The zero-order chi connectivity index (χ0) is 13.4. The van der Waals surface area contributed by atoms with E-state index in [9.17, 15) is 14.4 Å². The highest BCUT2D eigenvalue weighted by Crippen LogP contribution is 2.08. The number of rotatable bonds is 8. The molecular formula is C10H18N2O4S. The fourth-order valence-electron chi connectivity index (χ4n) is 1.02. The van der Waals surface area contributed by atoms with Crippen molar-refractivity contribution in [3.8, 4) is 0 Å². The molecule has 0 aliphatic heterocycles. The van der Waals surface area contributed by atoms with Gasteiger partial charge in [-0.2, -0.15) is 0 Å². The second-order valence-corrected chi connectivity index (χ2v) is 5.39. The molecule has 1 unspecified atom stereocenters. The smallest absolute Gasteiger partial charge is 0.326 e. The number of carbonyl (C=O) groups excluding carboxylic acids is 2. The van der Waals surface area contributed by atoms with E-state index in [1.807, 2.05) is 13.8 Å². The minimum atomic E-state index is -1.16. The maximum atomic E-state index is 11.4. The second kappa shape index (κ2) is 7.94. The van der Waals surface area contributed by atoms with Gasteiger partial charge in [0.25, 0.3) is 0 Å². The number of nitrogens with two attached hydrogens (primary N) is 1. The molecule has 6 nitrogen and oxygen atoms in total. The van der Waals surface area contributed by atoms with Gasteiger partial charge < -0.3 is 16.2 Å². The number of hydrogen-bond donors (Lipinski definition) is 3. The first-order valence-corrected chi connectivity index (χ1v) is 6.30. The first kappa shape index (κ1) is 15.8. The monoisotopic (exact) mass is 262 g/mol. The summed E-state index contributed by atoms with van der Waals surface area (Å²) in [6.45, 7) is 3.89. The summed E-state index contributed by atoms with van der Waals surface area (Å²) < 4.78 is 0. The first-order chi connectivity index (χ1) is 7.82. The molecule has 0 spiro atoms. The van der Waals surface area contributed by atoms with E-state index >= 15 is 0 Å². The van der Waals surface area contributed by atoms with Crippen LogP contribution in [0.2, 0.25) is 0 Å². The molecule has 0 saturated carbocycles. The van der Waals surface area contributed by atoms with Gasteiger partial charge in [-0.15, -0.1) is 11.8 Å². The van der Waals surface area contributed by atoms with Gasteiger partial charge in [0, 0.05) is 6.42 Å². The molecule has 0 fully saturated rings. The van der Waals surface area contributed by atoms with Crippen LogP contribution in [-0.4, -0.2) is 39.9 Å². The van der Waals surface area contributed by atoms with Crippen LogP contribution in [0.5, 0.6) is 0 Å². The van der Waals surface area contributed by atoms with E-state index in [1.165, 1.54) is 11.8 Å². The quantitative estimate of drug-likeness (QED) is 0.568. The van der Waals surface area contributed by atoms with Gasteiger partial charge in [-0.3, -0.25) is 9.59 Å². The van der Waals surface area contributed by atoms with Crippen molar-refractivity contribution in [2.24, 2.45) is 5.73 Å². The number of amides is 2. The van der Waals surface area contributed by atoms with Gasteiger partial charge in [-0.05, 0) is 11.7 Å². The molecule has 0 bridgehead atoms. The minimum absolute atomic E-state index is 0.0166. The Hall–Kier alpha value is -1.24. The first-order valence-electron chi connectivity index (χ1n) is 5.25. The summed E-state index contributed by atoms with van der Waals surface area (Å²) >= 11 is 1.42. The van der Waals surface area contributed by atoms with Crippen molar-refractivity contribution in [2.75, 3.05) is 5.75 Å². The van der Waals surface area contributed by atoms with E-state index in [1.54, 1.807) is 0 Å². The van der Waals surface area contributed by atoms with Gasteiger partial charge in [0.05, 0.1) is 5.75 Å². The van der Waals surface area contributed by atoms with E-state index in [2.05, 4.69) is 5.32 Å². The fraction of sp³-hybridized carbons (Fsp3) is 0.700. The summed E-state index contributed by atoms with van der Waals surface area (Å²) in [5.41, 5.74) is 4.92. The van der Waals surface area contributed by atoms with Crippen LogP contribution in [0.25, 0.3) is 0 Å². The van der Waals surface area contributed by atoms with Crippen molar-refractivity contribution >= 4 is 29.5 Å². The van der Waals surface area contributed by atoms with Crippen molar-refractivity contribution in [2.45, 2.75) is 38.0 Å². The Kier molecular flexibility index (Phi) is 7.36. The number of carbonyl (C=O) groups is 3. The van der Waals surface area contributed by atoms with Crippen molar-refractivity contribution in [3.05, 3.63) is 0 Å². The Bertz CT molecular complexity index is 294. The molecule has 7 heteroatoms. The number of hydrogen-bond acceptors (Lipinski definition) is 4. The molecule has 2 amide bonds. The molecule has 0 saturated heterocycles. The predicted molar refractivity (Wildman–Crippen MR) is 65.6 cm³/mol. The third-order valence-corrected chi connectivity index (χ3v) is 2.96. The number of carboxylic acid groups (broad SMARTS) is 1. The summed E-state index contributed by atoms with van der Waals surface area (Å²) in [5, 5.41) is 11.5. The molecule has 0 aliphatic rings. The standard InChI is InChI=1S/C10H18N2O4S/c1-6(2)17-5-9(14)12-7(10(15)16)3-4-8(11)13/h6-7H,3-5H2,1-2H3,(H2,11,13)(H,12,14)(H,15,16). The van der Waals surface area contributed by atoms with E-state index in [0.29, 0.717) is 5.25 Å². The number of thioether (sulfide) groups is 1. The lowest BCUT2D eigenvalue weighted by Crippen LogP contribution is -2.42. The van der Waals surface area contributed by atoms with Crippen LogP contribution >= 0.6 is 11.8 Å². The Morgan fingerprint density at radius 2 is 1.94 bits per heavy atom. The third kappa shape index (κ3) is 8.56.